The molecule has 1 aromatic rings. The van der Waals surface area contributed by atoms with Crippen molar-refractivity contribution in [3.8, 4) is 0 Å². The SMILES string of the molecule is CCC(NS(=O)(=O)c1ccc(C)cc1)C(=O)N1CCOCCOCCOCC1. The maximum Gasteiger partial charge on any atom is 0.241 e. The standard InChI is InChI=1S/C19H30N2O6S/c1-3-18(20-28(23,24)17-6-4-16(2)5-7-17)19(22)21-8-10-25-12-14-27-15-13-26-11-9-21/h4-7,18,20H,3,8-15H2,1-2H3. The first-order chi connectivity index (χ1) is 13.4. The van der Waals surface area contributed by atoms with Crippen molar-refractivity contribution in [3.63, 3.8) is 0 Å². The summed E-state index contributed by atoms with van der Waals surface area (Å²) in [6.07, 6.45) is 0.343. The van der Waals surface area contributed by atoms with Crippen LogP contribution in [0.2, 0.25) is 0 Å². The summed E-state index contributed by atoms with van der Waals surface area (Å²) in [4.78, 5) is 14.7. The lowest BCUT2D eigenvalue weighted by molar-refractivity contribution is -0.135. The van der Waals surface area contributed by atoms with Crippen LogP contribution in [-0.4, -0.2) is 78.0 Å². The minimum atomic E-state index is -3.79. The summed E-state index contributed by atoms with van der Waals surface area (Å²) in [5, 5.41) is 0. The number of carbonyl (C=O) groups excluding carboxylic acids is 1. The Hall–Kier alpha value is -1.52. The van der Waals surface area contributed by atoms with Crippen LogP contribution >= 0.6 is 0 Å². The van der Waals surface area contributed by atoms with Gasteiger partial charge in [0.2, 0.25) is 15.9 Å². The van der Waals surface area contributed by atoms with Crippen molar-refractivity contribution in [2.75, 3.05) is 52.7 Å². The van der Waals surface area contributed by atoms with E-state index >= 15 is 0 Å². The van der Waals surface area contributed by atoms with Gasteiger partial charge in [-0.2, -0.15) is 4.72 Å². The van der Waals surface area contributed by atoms with Crippen LogP contribution in [0.1, 0.15) is 18.9 Å². The highest BCUT2D eigenvalue weighted by molar-refractivity contribution is 7.89. The fraction of sp³-hybridized carbons (Fsp3) is 0.632. The molecule has 0 bridgehead atoms. The Balaban J connectivity index is 2.05. The maximum absolute atomic E-state index is 13.0. The van der Waals surface area contributed by atoms with Crippen molar-refractivity contribution in [1.29, 1.82) is 0 Å². The summed E-state index contributed by atoms with van der Waals surface area (Å²) in [6.45, 7) is 6.95. The molecule has 0 aliphatic carbocycles. The Morgan fingerprint density at radius 3 is 2.00 bits per heavy atom. The summed E-state index contributed by atoms with van der Waals surface area (Å²) in [5.41, 5.74) is 0.965. The number of hydrogen-bond donors (Lipinski definition) is 1. The molecule has 1 atom stereocenters. The zero-order valence-corrected chi connectivity index (χ0v) is 17.4. The van der Waals surface area contributed by atoms with Crippen molar-refractivity contribution in [2.24, 2.45) is 0 Å². The van der Waals surface area contributed by atoms with Crippen LogP contribution in [0.15, 0.2) is 29.2 Å². The maximum atomic E-state index is 13.0. The van der Waals surface area contributed by atoms with Crippen LogP contribution in [0, 0.1) is 6.92 Å². The first-order valence-electron chi connectivity index (χ1n) is 9.55. The second-order valence-electron chi connectivity index (χ2n) is 6.56. The van der Waals surface area contributed by atoms with E-state index in [1.54, 1.807) is 24.0 Å². The average Bonchev–Trinajstić information content (AvgIpc) is 2.66. The molecule has 1 aliphatic rings. The van der Waals surface area contributed by atoms with Gasteiger partial charge in [-0.15, -0.1) is 0 Å². The zero-order valence-electron chi connectivity index (χ0n) is 16.6. The van der Waals surface area contributed by atoms with Gasteiger partial charge in [0.05, 0.1) is 44.5 Å². The Morgan fingerprint density at radius 2 is 1.50 bits per heavy atom. The minimum absolute atomic E-state index is 0.143. The molecule has 0 spiro atoms. The number of ether oxygens (including phenoxy) is 3. The van der Waals surface area contributed by atoms with Crippen molar-refractivity contribution >= 4 is 15.9 Å². The topological polar surface area (TPSA) is 94.2 Å². The molecule has 1 unspecified atom stereocenters. The summed E-state index contributed by atoms with van der Waals surface area (Å²) in [6, 6.07) is 5.68. The van der Waals surface area contributed by atoms with Gasteiger partial charge in [-0.1, -0.05) is 24.6 Å². The van der Waals surface area contributed by atoms with Crippen molar-refractivity contribution < 1.29 is 27.4 Å². The van der Waals surface area contributed by atoms with Crippen molar-refractivity contribution in [3.05, 3.63) is 29.8 Å². The average molecular weight is 415 g/mol. The van der Waals surface area contributed by atoms with E-state index < -0.39 is 16.1 Å². The third kappa shape index (κ3) is 7.14. The summed E-state index contributed by atoms with van der Waals surface area (Å²) < 4.78 is 44.2. The monoisotopic (exact) mass is 414 g/mol. The van der Waals surface area contributed by atoms with E-state index in [0.717, 1.165) is 5.56 Å². The quantitative estimate of drug-likeness (QED) is 0.771. The summed E-state index contributed by atoms with van der Waals surface area (Å²) in [5.74, 6) is -0.279. The van der Waals surface area contributed by atoms with Crippen LogP contribution in [0.25, 0.3) is 0 Å². The first-order valence-corrected chi connectivity index (χ1v) is 11.0. The molecule has 0 aromatic heterocycles. The van der Waals surface area contributed by atoms with E-state index in [-0.39, 0.29) is 10.8 Å². The van der Waals surface area contributed by atoms with Gasteiger partial charge in [-0.25, -0.2) is 8.42 Å². The number of carbonyl (C=O) groups is 1. The molecule has 1 amide bonds. The lowest BCUT2D eigenvalue weighted by Crippen LogP contribution is -2.50. The van der Waals surface area contributed by atoms with Gasteiger partial charge in [0.1, 0.15) is 6.04 Å². The van der Waals surface area contributed by atoms with Gasteiger partial charge in [0, 0.05) is 13.1 Å². The second kappa shape index (κ2) is 11.5. The Bertz CT molecular complexity index is 696. The molecular formula is C19H30N2O6S. The van der Waals surface area contributed by atoms with Crippen molar-refractivity contribution in [1.82, 2.24) is 9.62 Å². The predicted octanol–water partition coefficient (Wildman–Crippen LogP) is 0.944. The molecular weight excluding hydrogens is 384 g/mol. The summed E-state index contributed by atoms with van der Waals surface area (Å²) >= 11 is 0. The number of benzene rings is 1. The molecule has 158 valence electrons. The zero-order chi connectivity index (χ0) is 20.4. The van der Waals surface area contributed by atoms with Gasteiger partial charge in [-0.05, 0) is 25.5 Å². The Morgan fingerprint density at radius 1 is 1.00 bits per heavy atom. The molecule has 1 heterocycles. The van der Waals surface area contributed by atoms with E-state index in [1.807, 2.05) is 6.92 Å². The van der Waals surface area contributed by atoms with Crippen LogP contribution in [0.4, 0.5) is 0 Å². The minimum Gasteiger partial charge on any atom is -0.377 e. The first kappa shape index (κ1) is 22.8. The number of nitrogens with one attached hydrogen (secondary N) is 1. The molecule has 1 aromatic carbocycles. The van der Waals surface area contributed by atoms with Gasteiger partial charge in [0.15, 0.2) is 0 Å². The van der Waals surface area contributed by atoms with Crippen molar-refractivity contribution in [2.45, 2.75) is 31.2 Å². The van der Waals surface area contributed by atoms with Gasteiger partial charge < -0.3 is 19.1 Å². The molecule has 1 saturated heterocycles. The van der Waals surface area contributed by atoms with Crippen LogP contribution in [0.5, 0.6) is 0 Å². The Kier molecular flexibility index (Phi) is 9.33. The lowest BCUT2D eigenvalue weighted by Gasteiger charge is -2.27. The van der Waals surface area contributed by atoms with E-state index in [2.05, 4.69) is 4.72 Å². The number of nitrogens with zero attached hydrogens (tertiary/aromatic N) is 1. The highest BCUT2D eigenvalue weighted by atomic mass is 32.2. The number of amides is 1. The fourth-order valence-electron chi connectivity index (χ4n) is 2.73. The highest BCUT2D eigenvalue weighted by Gasteiger charge is 2.28. The van der Waals surface area contributed by atoms with Gasteiger partial charge >= 0.3 is 0 Å². The van der Waals surface area contributed by atoms with Crippen LogP contribution < -0.4 is 4.72 Å². The Labute approximate surface area is 167 Å². The number of aryl methyl sites for hydroxylation is 1. The molecule has 28 heavy (non-hydrogen) atoms. The number of rotatable bonds is 5. The second-order valence-corrected chi connectivity index (χ2v) is 8.27. The van der Waals surface area contributed by atoms with Gasteiger partial charge in [-0.3, -0.25) is 4.79 Å². The van der Waals surface area contributed by atoms with E-state index in [0.29, 0.717) is 59.2 Å². The molecule has 1 fully saturated rings. The van der Waals surface area contributed by atoms with E-state index in [1.165, 1.54) is 12.1 Å². The summed E-state index contributed by atoms with van der Waals surface area (Å²) in [7, 11) is -3.79. The molecule has 0 radical (unpaired) electrons. The van der Waals surface area contributed by atoms with Crippen LogP contribution in [0.3, 0.4) is 0 Å². The normalized spacial score (nSPS) is 18.7. The van der Waals surface area contributed by atoms with Crippen LogP contribution in [-0.2, 0) is 29.0 Å². The van der Waals surface area contributed by atoms with Gasteiger partial charge in [0.25, 0.3) is 0 Å². The largest absolute Gasteiger partial charge is 0.377 e. The number of hydrogen-bond acceptors (Lipinski definition) is 6. The molecule has 0 saturated carbocycles. The lowest BCUT2D eigenvalue weighted by atomic mass is 10.2. The molecule has 1 aliphatic heterocycles. The highest BCUT2D eigenvalue weighted by Crippen LogP contribution is 2.12. The molecule has 8 nitrogen and oxygen atoms in total. The van der Waals surface area contributed by atoms with E-state index in [4.69, 9.17) is 14.2 Å². The third-order valence-electron chi connectivity index (χ3n) is 4.40. The molecule has 1 N–H and O–H groups in total. The molecule has 2 rings (SSSR count). The number of sulfonamides is 1. The molecule has 9 heteroatoms. The fourth-order valence-corrected chi connectivity index (χ4v) is 4.00. The smallest absolute Gasteiger partial charge is 0.241 e. The van der Waals surface area contributed by atoms with E-state index in [9.17, 15) is 13.2 Å². The third-order valence-corrected chi connectivity index (χ3v) is 5.89. The predicted molar refractivity (Wildman–Crippen MR) is 105 cm³/mol.